The lowest BCUT2D eigenvalue weighted by Gasteiger charge is -2.33. The lowest BCUT2D eigenvalue weighted by molar-refractivity contribution is -0.386. The van der Waals surface area contributed by atoms with Crippen LogP contribution in [0.3, 0.4) is 0 Å². The van der Waals surface area contributed by atoms with Crippen LogP contribution in [0, 0.1) is 17.0 Å². The summed E-state index contributed by atoms with van der Waals surface area (Å²) in [5.74, 6) is -2.80. The topological polar surface area (TPSA) is 157 Å². The summed E-state index contributed by atoms with van der Waals surface area (Å²) in [4.78, 5) is 46.8. The summed E-state index contributed by atoms with van der Waals surface area (Å²) >= 11 is 6.35. The minimum Gasteiger partial charge on any atom is -0.481 e. The van der Waals surface area contributed by atoms with E-state index in [1.165, 1.54) is 12.4 Å². The monoisotopic (exact) mass is 690 g/mol. The van der Waals surface area contributed by atoms with Crippen LogP contribution in [0.5, 0.6) is 5.75 Å². The van der Waals surface area contributed by atoms with Gasteiger partial charge in [0.2, 0.25) is 0 Å². The maximum Gasteiger partial charge on any atom is 0.474 e. The third kappa shape index (κ3) is 8.54. The number of hydrogen-bond acceptors (Lipinski definition) is 10. The number of hydrogen-bond donors (Lipinski definition) is 0. The number of nitrogens with zero attached hydrogens (tertiary/aromatic N) is 6. The first-order chi connectivity index (χ1) is 21.4. The van der Waals surface area contributed by atoms with Gasteiger partial charge in [-0.2, -0.15) is 17.5 Å². The predicted octanol–water partition coefficient (Wildman–Crippen LogP) is 5.42. The molecule has 0 atom stereocenters. The number of alkyl halides is 3. The zero-order valence-electron chi connectivity index (χ0n) is 25.6. The second-order valence-electron chi connectivity index (χ2n) is 12.0. The van der Waals surface area contributed by atoms with E-state index in [2.05, 4.69) is 14.3 Å². The van der Waals surface area contributed by atoms with Gasteiger partial charge >= 0.3 is 23.9 Å². The van der Waals surface area contributed by atoms with Crippen molar-refractivity contribution in [1.29, 1.82) is 0 Å². The number of rotatable bonds is 6. The minimum atomic E-state index is -5.22. The molecule has 2 saturated heterocycles. The van der Waals surface area contributed by atoms with E-state index >= 15 is 0 Å². The summed E-state index contributed by atoms with van der Waals surface area (Å²) in [5.41, 5.74) is 0.629. The maximum absolute atomic E-state index is 12.8. The molecule has 0 aliphatic carbocycles. The molecular formula is C28H34ClF3N6O7S. The number of carbonyl (C=O) groups is 2. The molecule has 0 radical (unpaired) electrons. The Labute approximate surface area is 268 Å². The van der Waals surface area contributed by atoms with Gasteiger partial charge in [0.15, 0.2) is 5.75 Å². The predicted molar refractivity (Wildman–Crippen MR) is 163 cm³/mol. The first kappa shape index (κ1) is 35.1. The van der Waals surface area contributed by atoms with Crippen LogP contribution in [0.1, 0.15) is 56.2 Å². The highest BCUT2D eigenvalue weighted by Crippen LogP contribution is 2.39. The van der Waals surface area contributed by atoms with Gasteiger partial charge in [0.1, 0.15) is 29.5 Å². The van der Waals surface area contributed by atoms with E-state index in [4.69, 9.17) is 21.1 Å². The first-order valence-corrected chi connectivity index (χ1v) is 16.6. The van der Waals surface area contributed by atoms with Crippen molar-refractivity contribution in [2.24, 2.45) is 4.36 Å². The molecule has 0 spiro atoms. The molecule has 4 rings (SSSR count). The Morgan fingerprint density at radius 1 is 1.13 bits per heavy atom. The van der Waals surface area contributed by atoms with Crippen LogP contribution < -0.4 is 9.64 Å². The van der Waals surface area contributed by atoms with Gasteiger partial charge in [-0.05, 0) is 57.6 Å². The molecule has 1 aromatic carbocycles. The Kier molecular flexibility index (Phi) is 10.4. The van der Waals surface area contributed by atoms with Gasteiger partial charge in [-0.15, -0.1) is 0 Å². The van der Waals surface area contributed by atoms with E-state index in [0.29, 0.717) is 31.5 Å². The van der Waals surface area contributed by atoms with Crippen molar-refractivity contribution < 1.29 is 41.4 Å². The summed E-state index contributed by atoms with van der Waals surface area (Å²) < 4.78 is 65.1. The van der Waals surface area contributed by atoms with Crippen molar-refractivity contribution in [1.82, 2.24) is 14.9 Å². The molecule has 0 bridgehead atoms. The number of piperidine rings is 1. The number of carbonyl (C=O) groups excluding carboxylic acids is 2. The number of benzene rings is 1. The number of likely N-dealkylation sites (tertiary alicyclic amines) is 1. The van der Waals surface area contributed by atoms with Gasteiger partial charge < -0.3 is 19.3 Å². The average Bonchev–Trinajstić information content (AvgIpc) is 2.95. The average molecular weight is 691 g/mol. The SMILES string of the molecule is Cc1cc(C2CCN(C(=O)OC(C)(C)C)CC2)cc([N+](=O)[O-])c1OCc1c(Cl)ncnc1N1CCS(=O)(=NC(=O)C(F)(F)F)CC1. The van der Waals surface area contributed by atoms with Crippen LogP contribution in [0.25, 0.3) is 0 Å². The standard InChI is InChI=1S/C28H34ClF3N6O7S/c1-17-13-19(18-5-7-37(8-6-18)26(40)45-27(2,3)4)14-21(38(41)42)22(17)44-15-20-23(29)33-16-34-24(20)36-9-11-46(43,12-10-36)35-25(39)28(30,31)32/h13-14,16,18H,5-12,15H2,1-4H3. The van der Waals surface area contributed by atoms with E-state index in [-0.39, 0.29) is 65.1 Å². The Bertz CT molecular complexity index is 1620. The number of halogens is 4. The van der Waals surface area contributed by atoms with Gasteiger partial charge in [0, 0.05) is 43.8 Å². The Hall–Kier alpha value is -3.73. The molecule has 3 heterocycles. The summed E-state index contributed by atoms with van der Waals surface area (Å²) in [6.45, 7) is 7.56. The van der Waals surface area contributed by atoms with E-state index < -0.39 is 38.4 Å². The molecule has 2 amide bonds. The smallest absolute Gasteiger partial charge is 0.474 e. The number of ether oxygens (including phenoxy) is 2. The molecule has 0 unspecified atom stereocenters. The third-order valence-corrected chi connectivity index (χ3v) is 9.94. The number of anilines is 1. The molecule has 0 saturated carbocycles. The summed E-state index contributed by atoms with van der Waals surface area (Å²) in [6.07, 6.45) is -3.26. The summed E-state index contributed by atoms with van der Waals surface area (Å²) in [7, 11) is -3.44. The van der Waals surface area contributed by atoms with Gasteiger partial charge in [0.05, 0.1) is 20.2 Å². The fraction of sp³-hybridized carbons (Fsp3) is 0.571. The highest BCUT2D eigenvalue weighted by atomic mass is 35.5. The number of amides is 2. The maximum atomic E-state index is 12.8. The first-order valence-electron chi connectivity index (χ1n) is 14.3. The minimum absolute atomic E-state index is 0.0111. The fourth-order valence-electron chi connectivity index (χ4n) is 5.21. The van der Waals surface area contributed by atoms with Gasteiger partial charge in [-0.3, -0.25) is 14.9 Å². The molecule has 2 aliphatic rings. The van der Waals surface area contributed by atoms with Gasteiger partial charge in [0.25, 0.3) is 0 Å². The van der Waals surface area contributed by atoms with E-state index in [9.17, 15) is 37.1 Å². The summed E-state index contributed by atoms with van der Waals surface area (Å²) in [6, 6.07) is 3.28. The molecule has 0 N–H and O–H groups in total. The number of nitro groups is 1. The largest absolute Gasteiger partial charge is 0.481 e. The zero-order chi connectivity index (χ0) is 34.0. The molecule has 2 aromatic rings. The Morgan fingerprint density at radius 2 is 1.76 bits per heavy atom. The van der Waals surface area contributed by atoms with Crippen molar-refractivity contribution in [3.8, 4) is 5.75 Å². The van der Waals surface area contributed by atoms with E-state index in [1.54, 1.807) is 37.5 Å². The molecule has 252 valence electrons. The molecule has 1 aromatic heterocycles. The molecule has 13 nitrogen and oxygen atoms in total. The highest BCUT2D eigenvalue weighted by Gasteiger charge is 2.40. The molecule has 2 fully saturated rings. The van der Waals surface area contributed by atoms with Crippen LogP contribution in [0.2, 0.25) is 5.15 Å². The van der Waals surface area contributed by atoms with E-state index in [1.807, 2.05) is 6.07 Å². The number of aromatic nitrogens is 2. The highest BCUT2D eigenvalue weighted by molar-refractivity contribution is 7.94. The van der Waals surface area contributed by atoms with Gasteiger partial charge in [-0.25, -0.2) is 19.0 Å². The van der Waals surface area contributed by atoms with Crippen molar-refractivity contribution in [2.45, 2.75) is 64.8 Å². The quantitative estimate of drug-likeness (QED) is 0.218. The van der Waals surface area contributed by atoms with Crippen molar-refractivity contribution in [3.63, 3.8) is 0 Å². The van der Waals surface area contributed by atoms with Crippen molar-refractivity contribution >= 4 is 44.8 Å². The molecular weight excluding hydrogens is 657 g/mol. The van der Waals surface area contributed by atoms with Gasteiger partial charge in [-0.1, -0.05) is 17.7 Å². The van der Waals surface area contributed by atoms with Crippen LogP contribution in [0.15, 0.2) is 22.8 Å². The van der Waals surface area contributed by atoms with Crippen LogP contribution in [-0.2, 0) is 25.9 Å². The second-order valence-corrected chi connectivity index (χ2v) is 14.9. The molecule has 2 aliphatic heterocycles. The van der Waals surface area contributed by atoms with E-state index in [0.717, 1.165) is 5.56 Å². The van der Waals surface area contributed by atoms with Crippen LogP contribution >= 0.6 is 11.6 Å². The Morgan fingerprint density at radius 3 is 2.33 bits per heavy atom. The van der Waals surface area contributed by atoms with Crippen molar-refractivity contribution in [2.75, 3.05) is 42.6 Å². The van der Waals surface area contributed by atoms with Crippen LogP contribution in [0.4, 0.5) is 29.5 Å². The number of nitro benzene ring substituents is 1. The third-order valence-electron chi connectivity index (χ3n) is 7.47. The fourth-order valence-corrected chi connectivity index (χ4v) is 7.20. The normalized spacial score (nSPS) is 17.4. The van der Waals surface area contributed by atoms with Crippen molar-refractivity contribution in [3.05, 3.63) is 50.4 Å². The lowest BCUT2D eigenvalue weighted by atomic mass is 9.88. The molecule has 18 heteroatoms. The van der Waals surface area contributed by atoms with Crippen LogP contribution in [-0.4, -0.2) is 85.5 Å². The zero-order valence-corrected chi connectivity index (χ0v) is 27.2. The molecule has 46 heavy (non-hydrogen) atoms. The number of aryl methyl sites for hydroxylation is 1. The summed E-state index contributed by atoms with van der Waals surface area (Å²) in [5, 5.41) is 12.1. The Balaban J connectivity index is 1.49. The lowest BCUT2D eigenvalue weighted by Crippen LogP contribution is -2.42. The second kappa shape index (κ2) is 13.6.